The number of rotatable bonds is 3. The van der Waals surface area contributed by atoms with Gasteiger partial charge >= 0.3 is 0 Å². The number of nitrogens with one attached hydrogen (secondary N) is 2. The Morgan fingerprint density at radius 3 is 3.00 bits per heavy atom. The summed E-state index contributed by atoms with van der Waals surface area (Å²) >= 11 is 0. The molecule has 0 bridgehead atoms. The van der Waals surface area contributed by atoms with E-state index in [1.165, 1.54) is 6.42 Å². The van der Waals surface area contributed by atoms with Crippen LogP contribution in [-0.4, -0.2) is 35.3 Å². The van der Waals surface area contributed by atoms with Crippen LogP contribution in [0.4, 0.5) is 0 Å². The molecule has 1 aliphatic rings. The lowest BCUT2D eigenvalue weighted by Gasteiger charge is -2.34. The summed E-state index contributed by atoms with van der Waals surface area (Å²) in [5.74, 6) is -0.0209. The van der Waals surface area contributed by atoms with Gasteiger partial charge in [-0.3, -0.25) is 9.48 Å². The summed E-state index contributed by atoms with van der Waals surface area (Å²) in [6.07, 6.45) is 3.97. The lowest BCUT2D eigenvalue weighted by molar-refractivity contribution is 0.0924. The Balaban J connectivity index is 1.94. The van der Waals surface area contributed by atoms with Crippen LogP contribution in [0, 0.1) is 12.3 Å². The summed E-state index contributed by atoms with van der Waals surface area (Å²) in [6, 6.07) is 0. The average Bonchev–Trinajstić information content (AvgIpc) is 2.68. The normalized spacial score (nSPS) is 23.9. The van der Waals surface area contributed by atoms with Crippen LogP contribution < -0.4 is 10.6 Å². The molecule has 1 atom stereocenters. The second-order valence-electron chi connectivity index (χ2n) is 5.54. The van der Waals surface area contributed by atoms with Gasteiger partial charge in [0.05, 0.1) is 11.8 Å². The number of aromatic nitrogens is 2. The molecule has 5 heteroatoms. The number of hydrogen-bond acceptors (Lipinski definition) is 3. The van der Waals surface area contributed by atoms with Crippen molar-refractivity contribution < 1.29 is 4.79 Å². The Morgan fingerprint density at radius 2 is 2.44 bits per heavy atom. The van der Waals surface area contributed by atoms with Crippen molar-refractivity contribution in [3.63, 3.8) is 0 Å². The van der Waals surface area contributed by atoms with Crippen molar-refractivity contribution in [2.24, 2.45) is 12.5 Å². The van der Waals surface area contributed by atoms with E-state index < -0.39 is 0 Å². The summed E-state index contributed by atoms with van der Waals surface area (Å²) < 4.78 is 1.72. The van der Waals surface area contributed by atoms with E-state index in [2.05, 4.69) is 22.7 Å². The van der Waals surface area contributed by atoms with Crippen LogP contribution in [-0.2, 0) is 7.05 Å². The van der Waals surface area contributed by atoms with Crippen molar-refractivity contribution in [1.82, 2.24) is 20.4 Å². The van der Waals surface area contributed by atoms with Gasteiger partial charge in [0.25, 0.3) is 5.91 Å². The Hall–Kier alpha value is -1.36. The van der Waals surface area contributed by atoms with Gasteiger partial charge in [0, 0.05) is 25.8 Å². The first kappa shape index (κ1) is 13.1. The molecule has 1 amide bonds. The maximum Gasteiger partial charge on any atom is 0.254 e. The van der Waals surface area contributed by atoms with Crippen molar-refractivity contribution in [3.8, 4) is 0 Å². The lowest BCUT2D eigenvalue weighted by atomic mass is 9.83. The molecule has 0 aliphatic carbocycles. The summed E-state index contributed by atoms with van der Waals surface area (Å²) in [5, 5.41) is 10.5. The Kier molecular flexibility index (Phi) is 3.71. The Bertz CT molecular complexity index is 432. The van der Waals surface area contributed by atoms with Crippen LogP contribution in [0.15, 0.2) is 6.20 Å². The van der Waals surface area contributed by atoms with E-state index in [1.807, 2.05) is 14.0 Å². The SMILES string of the molecule is Cc1c(C(=O)NCC2(C)CCCNC2)cnn1C. The fraction of sp³-hybridized carbons (Fsp3) is 0.692. The van der Waals surface area contributed by atoms with E-state index in [0.29, 0.717) is 12.1 Å². The van der Waals surface area contributed by atoms with Crippen LogP contribution in [0.3, 0.4) is 0 Å². The monoisotopic (exact) mass is 250 g/mol. The van der Waals surface area contributed by atoms with Gasteiger partial charge in [-0.05, 0) is 31.7 Å². The number of carbonyl (C=O) groups is 1. The highest BCUT2D eigenvalue weighted by molar-refractivity contribution is 5.95. The van der Waals surface area contributed by atoms with Gasteiger partial charge in [0.1, 0.15) is 0 Å². The molecular formula is C13H22N4O. The molecule has 0 spiro atoms. The summed E-state index contributed by atoms with van der Waals surface area (Å²) in [4.78, 5) is 12.1. The Labute approximate surface area is 108 Å². The highest BCUT2D eigenvalue weighted by Crippen LogP contribution is 2.24. The van der Waals surface area contributed by atoms with Gasteiger partial charge in [-0.1, -0.05) is 6.92 Å². The average molecular weight is 250 g/mol. The number of nitrogens with zero attached hydrogens (tertiary/aromatic N) is 2. The molecule has 2 N–H and O–H groups in total. The summed E-state index contributed by atoms with van der Waals surface area (Å²) in [5.41, 5.74) is 1.74. The number of aryl methyl sites for hydroxylation is 1. The van der Waals surface area contributed by atoms with Crippen molar-refractivity contribution in [2.45, 2.75) is 26.7 Å². The molecular weight excluding hydrogens is 228 g/mol. The van der Waals surface area contributed by atoms with Gasteiger partial charge in [-0.2, -0.15) is 5.10 Å². The molecule has 1 aromatic heterocycles. The lowest BCUT2D eigenvalue weighted by Crippen LogP contribution is -2.45. The van der Waals surface area contributed by atoms with Crippen molar-refractivity contribution >= 4 is 5.91 Å². The molecule has 18 heavy (non-hydrogen) atoms. The molecule has 2 heterocycles. The third-order valence-corrected chi connectivity index (χ3v) is 3.84. The fourth-order valence-corrected chi connectivity index (χ4v) is 2.38. The smallest absolute Gasteiger partial charge is 0.254 e. The van der Waals surface area contributed by atoms with Crippen LogP contribution in [0.2, 0.25) is 0 Å². The first-order chi connectivity index (χ1) is 8.52. The quantitative estimate of drug-likeness (QED) is 0.836. The standard InChI is InChI=1S/C13H22N4O/c1-10-11(7-16-17(10)3)12(18)15-9-13(2)5-4-6-14-8-13/h7,14H,4-6,8-9H2,1-3H3,(H,15,18). The van der Waals surface area contributed by atoms with Crippen molar-refractivity contribution in [3.05, 3.63) is 17.5 Å². The molecule has 1 fully saturated rings. The largest absolute Gasteiger partial charge is 0.351 e. The first-order valence-corrected chi connectivity index (χ1v) is 6.49. The summed E-state index contributed by atoms with van der Waals surface area (Å²) in [6.45, 7) is 6.90. The zero-order valence-corrected chi connectivity index (χ0v) is 11.4. The van der Waals surface area contributed by atoms with E-state index in [0.717, 1.165) is 25.2 Å². The third kappa shape index (κ3) is 2.72. The second kappa shape index (κ2) is 5.10. The molecule has 0 radical (unpaired) electrons. The molecule has 1 aromatic rings. The Morgan fingerprint density at radius 1 is 1.67 bits per heavy atom. The molecule has 1 aliphatic heterocycles. The third-order valence-electron chi connectivity index (χ3n) is 3.84. The number of amides is 1. The van der Waals surface area contributed by atoms with E-state index in [9.17, 15) is 4.79 Å². The highest BCUT2D eigenvalue weighted by Gasteiger charge is 2.27. The van der Waals surface area contributed by atoms with Gasteiger partial charge in [-0.15, -0.1) is 0 Å². The zero-order valence-electron chi connectivity index (χ0n) is 11.4. The first-order valence-electron chi connectivity index (χ1n) is 6.49. The van der Waals surface area contributed by atoms with Gasteiger partial charge in [-0.25, -0.2) is 0 Å². The molecule has 1 saturated heterocycles. The molecule has 1 unspecified atom stereocenters. The van der Waals surface area contributed by atoms with Crippen molar-refractivity contribution in [1.29, 1.82) is 0 Å². The van der Waals surface area contributed by atoms with Crippen LogP contribution in [0.5, 0.6) is 0 Å². The minimum absolute atomic E-state index is 0.0209. The molecule has 0 saturated carbocycles. The number of piperidine rings is 1. The van der Waals surface area contributed by atoms with Crippen molar-refractivity contribution in [2.75, 3.05) is 19.6 Å². The molecule has 100 valence electrons. The summed E-state index contributed by atoms with van der Waals surface area (Å²) in [7, 11) is 1.85. The van der Waals surface area contributed by atoms with E-state index in [1.54, 1.807) is 10.9 Å². The predicted octanol–water partition coefficient (Wildman–Crippen LogP) is 0.848. The van der Waals surface area contributed by atoms with Crippen LogP contribution in [0.1, 0.15) is 35.8 Å². The van der Waals surface area contributed by atoms with Crippen LogP contribution >= 0.6 is 0 Å². The predicted molar refractivity (Wildman–Crippen MR) is 70.5 cm³/mol. The minimum atomic E-state index is -0.0209. The topological polar surface area (TPSA) is 59.0 Å². The number of carbonyl (C=O) groups excluding carboxylic acids is 1. The maximum absolute atomic E-state index is 12.1. The second-order valence-corrected chi connectivity index (χ2v) is 5.54. The molecule has 0 aromatic carbocycles. The van der Waals surface area contributed by atoms with Gasteiger partial charge < -0.3 is 10.6 Å². The van der Waals surface area contributed by atoms with E-state index in [4.69, 9.17) is 0 Å². The number of hydrogen-bond donors (Lipinski definition) is 2. The highest BCUT2D eigenvalue weighted by atomic mass is 16.1. The molecule has 5 nitrogen and oxygen atoms in total. The minimum Gasteiger partial charge on any atom is -0.351 e. The van der Waals surface area contributed by atoms with Crippen LogP contribution in [0.25, 0.3) is 0 Å². The van der Waals surface area contributed by atoms with Gasteiger partial charge in [0.2, 0.25) is 0 Å². The zero-order chi connectivity index (χ0) is 13.2. The molecule has 2 rings (SSSR count). The maximum atomic E-state index is 12.1. The van der Waals surface area contributed by atoms with E-state index in [-0.39, 0.29) is 11.3 Å². The fourth-order valence-electron chi connectivity index (χ4n) is 2.38. The van der Waals surface area contributed by atoms with E-state index >= 15 is 0 Å². The van der Waals surface area contributed by atoms with Gasteiger partial charge in [0.15, 0.2) is 0 Å².